The first-order valence-electron chi connectivity index (χ1n) is 11.3. The highest BCUT2D eigenvalue weighted by Crippen LogP contribution is 2.48. The topological polar surface area (TPSA) is 92.0 Å². The molecule has 0 aromatic heterocycles. The van der Waals surface area contributed by atoms with E-state index in [1.54, 1.807) is 6.07 Å². The average molecular weight is 463 g/mol. The Hall–Kier alpha value is -3.71. The van der Waals surface area contributed by atoms with Gasteiger partial charge in [-0.05, 0) is 54.6 Å². The van der Waals surface area contributed by atoms with Crippen LogP contribution >= 0.6 is 0 Å². The molecule has 34 heavy (non-hydrogen) atoms. The van der Waals surface area contributed by atoms with E-state index in [4.69, 9.17) is 24.7 Å². The lowest BCUT2D eigenvalue weighted by molar-refractivity contribution is 0.0932. The maximum absolute atomic E-state index is 13.4. The molecule has 178 valence electrons. The van der Waals surface area contributed by atoms with Crippen molar-refractivity contribution in [2.24, 2.45) is 5.73 Å². The van der Waals surface area contributed by atoms with E-state index in [0.717, 1.165) is 30.4 Å². The molecule has 0 radical (unpaired) electrons. The number of carbonyl (C=O) groups is 1. The van der Waals surface area contributed by atoms with Crippen LogP contribution in [0.3, 0.4) is 0 Å². The standard InChI is InChI=1S/C27H30N2O5/c1-31-24-21(27(30)29-22-13-10-18-6-4-5-7-20(18)22)16-23(25(32-2)26(24)33-3)34-19-11-8-17(9-12-19)14-15-28/h4-9,11-12,16,22H,10,13-15,28H2,1-3H3,(H,29,30). The van der Waals surface area contributed by atoms with Gasteiger partial charge in [-0.25, -0.2) is 0 Å². The Labute approximate surface area is 199 Å². The normalized spacial score (nSPS) is 14.3. The molecule has 0 bridgehead atoms. The van der Waals surface area contributed by atoms with Gasteiger partial charge in [-0.3, -0.25) is 4.79 Å². The van der Waals surface area contributed by atoms with Crippen molar-refractivity contribution in [3.8, 4) is 28.7 Å². The summed E-state index contributed by atoms with van der Waals surface area (Å²) in [6, 6.07) is 17.4. The van der Waals surface area contributed by atoms with Crippen LogP contribution < -0.4 is 30.0 Å². The monoisotopic (exact) mass is 462 g/mol. The molecule has 0 saturated heterocycles. The van der Waals surface area contributed by atoms with Crippen molar-refractivity contribution in [1.82, 2.24) is 5.32 Å². The number of aryl methyl sites for hydroxylation is 1. The predicted molar refractivity (Wildman–Crippen MR) is 130 cm³/mol. The molecule has 1 amide bonds. The van der Waals surface area contributed by atoms with Gasteiger partial charge in [-0.1, -0.05) is 36.4 Å². The van der Waals surface area contributed by atoms with Gasteiger partial charge in [0.2, 0.25) is 11.5 Å². The second-order valence-electron chi connectivity index (χ2n) is 8.07. The number of methoxy groups -OCH3 is 3. The number of carbonyl (C=O) groups excluding carboxylic acids is 1. The van der Waals surface area contributed by atoms with Crippen LogP contribution in [0.4, 0.5) is 0 Å². The zero-order chi connectivity index (χ0) is 24.1. The first kappa shape index (κ1) is 23.4. The average Bonchev–Trinajstić information content (AvgIpc) is 3.27. The van der Waals surface area contributed by atoms with Crippen LogP contribution in [0.5, 0.6) is 28.7 Å². The van der Waals surface area contributed by atoms with Gasteiger partial charge in [-0.15, -0.1) is 0 Å². The van der Waals surface area contributed by atoms with E-state index in [2.05, 4.69) is 17.4 Å². The summed E-state index contributed by atoms with van der Waals surface area (Å²) < 4.78 is 22.9. The second kappa shape index (κ2) is 10.5. The number of hydrogen-bond donors (Lipinski definition) is 2. The lowest BCUT2D eigenvalue weighted by Crippen LogP contribution is -2.27. The SMILES string of the molecule is COc1c(Oc2ccc(CCN)cc2)cc(C(=O)NC2CCc3ccccc32)c(OC)c1OC. The molecule has 0 spiro atoms. The molecular formula is C27H30N2O5. The Balaban J connectivity index is 1.68. The quantitative estimate of drug-likeness (QED) is 0.489. The summed E-state index contributed by atoms with van der Waals surface area (Å²) in [6.45, 7) is 0.577. The minimum atomic E-state index is -0.275. The van der Waals surface area contributed by atoms with Crippen molar-refractivity contribution in [3.05, 3.63) is 76.9 Å². The summed E-state index contributed by atoms with van der Waals surface area (Å²) >= 11 is 0. The van der Waals surface area contributed by atoms with Gasteiger partial charge < -0.3 is 30.0 Å². The largest absolute Gasteiger partial charge is 0.492 e. The molecule has 3 N–H and O–H groups in total. The minimum Gasteiger partial charge on any atom is -0.492 e. The molecule has 3 aromatic rings. The number of amides is 1. The highest BCUT2D eigenvalue weighted by Gasteiger charge is 2.29. The number of benzene rings is 3. The van der Waals surface area contributed by atoms with Crippen LogP contribution in [0.15, 0.2) is 54.6 Å². The van der Waals surface area contributed by atoms with Crippen LogP contribution in [0, 0.1) is 0 Å². The fraction of sp³-hybridized carbons (Fsp3) is 0.296. The summed E-state index contributed by atoms with van der Waals surface area (Å²) in [7, 11) is 4.51. The molecule has 0 heterocycles. The van der Waals surface area contributed by atoms with E-state index in [1.165, 1.54) is 26.9 Å². The van der Waals surface area contributed by atoms with Crippen LogP contribution in [0.25, 0.3) is 0 Å². The number of nitrogens with two attached hydrogens (primary N) is 1. The molecule has 1 atom stereocenters. The maximum atomic E-state index is 13.4. The van der Waals surface area contributed by atoms with Crippen molar-refractivity contribution in [2.75, 3.05) is 27.9 Å². The highest BCUT2D eigenvalue weighted by atomic mass is 16.5. The third-order valence-corrected chi connectivity index (χ3v) is 6.04. The number of rotatable bonds is 9. The van der Waals surface area contributed by atoms with Gasteiger partial charge >= 0.3 is 0 Å². The highest BCUT2D eigenvalue weighted by molar-refractivity contribution is 5.99. The third-order valence-electron chi connectivity index (χ3n) is 6.04. The van der Waals surface area contributed by atoms with E-state index in [-0.39, 0.29) is 17.7 Å². The minimum absolute atomic E-state index is 0.0686. The molecule has 3 aromatic carbocycles. The van der Waals surface area contributed by atoms with Crippen LogP contribution in [-0.4, -0.2) is 33.8 Å². The van der Waals surface area contributed by atoms with Gasteiger partial charge in [0.05, 0.1) is 32.9 Å². The predicted octanol–water partition coefficient (Wildman–Crippen LogP) is 4.42. The van der Waals surface area contributed by atoms with Crippen molar-refractivity contribution < 1.29 is 23.7 Å². The van der Waals surface area contributed by atoms with Crippen molar-refractivity contribution in [1.29, 1.82) is 0 Å². The smallest absolute Gasteiger partial charge is 0.255 e. The number of fused-ring (bicyclic) bond motifs is 1. The molecule has 1 aliphatic carbocycles. The molecule has 0 saturated carbocycles. The fourth-order valence-corrected chi connectivity index (χ4v) is 4.39. The summed E-state index contributed by atoms with van der Waals surface area (Å²) in [6.07, 6.45) is 2.56. The van der Waals surface area contributed by atoms with Crippen molar-refractivity contribution >= 4 is 5.91 Å². The zero-order valence-corrected chi connectivity index (χ0v) is 19.7. The van der Waals surface area contributed by atoms with E-state index in [1.807, 2.05) is 36.4 Å². The second-order valence-corrected chi connectivity index (χ2v) is 8.07. The van der Waals surface area contributed by atoms with Gasteiger partial charge in [0.25, 0.3) is 5.91 Å². The first-order chi connectivity index (χ1) is 16.6. The summed E-state index contributed by atoms with van der Waals surface area (Å²) in [5.41, 5.74) is 9.46. The molecule has 0 fully saturated rings. The van der Waals surface area contributed by atoms with Crippen molar-refractivity contribution in [2.45, 2.75) is 25.3 Å². The van der Waals surface area contributed by atoms with Gasteiger partial charge in [0.1, 0.15) is 5.75 Å². The fourth-order valence-electron chi connectivity index (χ4n) is 4.39. The molecule has 1 unspecified atom stereocenters. The lowest BCUT2D eigenvalue weighted by atomic mass is 10.1. The van der Waals surface area contributed by atoms with E-state index >= 15 is 0 Å². The maximum Gasteiger partial charge on any atom is 0.255 e. The molecule has 1 aliphatic rings. The molecular weight excluding hydrogens is 432 g/mol. The molecule has 7 heteroatoms. The Bertz CT molecular complexity index is 1160. The van der Waals surface area contributed by atoms with Crippen LogP contribution in [0.2, 0.25) is 0 Å². The van der Waals surface area contributed by atoms with Gasteiger partial charge in [0, 0.05) is 6.07 Å². The summed E-state index contributed by atoms with van der Waals surface area (Å²) in [5.74, 6) is 1.59. The van der Waals surface area contributed by atoms with E-state index in [9.17, 15) is 4.79 Å². The van der Waals surface area contributed by atoms with Gasteiger partial charge in [0.15, 0.2) is 11.5 Å². The first-order valence-corrected chi connectivity index (χ1v) is 11.3. The number of nitrogens with one attached hydrogen (secondary N) is 1. The summed E-state index contributed by atoms with van der Waals surface area (Å²) in [4.78, 5) is 13.4. The van der Waals surface area contributed by atoms with E-state index < -0.39 is 0 Å². The Morgan fingerprint density at radius 2 is 1.68 bits per heavy atom. The number of ether oxygens (including phenoxy) is 4. The van der Waals surface area contributed by atoms with Crippen molar-refractivity contribution in [3.63, 3.8) is 0 Å². The number of hydrogen-bond acceptors (Lipinski definition) is 6. The molecule has 0 aliphatic heterocycles. The lowest BCUT2D eigenvalue weighted by Gasteiger charge is -2.20. The molecule has 4 rings (SSSR count). The van der Waals surface area contributed by atoms with Gasteiger partial charge in [-0.2, -0.15) is 0 Å². The molecule has 7 nitrogen and oxygen atoms in total. The zero-order valence-electron chi connectivity index (χ0n) is 19.7. The third kappa shape index (κ3) is 4.65. The Morgan fingerprint density at radius 3 is 2.35 bits per heavy atom. The Morgan fingerprint density at radius 1 is 0.971 bits per heavy atom. The summed E-state index contributed by atoms with van der Waals surface area (Å²) in [5, 5.41) is 3.14. The van der Waals surface area contributed by atoms with Crippen LogP contribution in [-0.2, 0) is 12.8 Å². The Kier molecular flexibility index (Phi) is 7.23. The van der Waals surface area contributed by atoms with E-state index in [0.29, 0.717) is 35.1 Å². The van der Waals surface area contributed by atoms with Crippen LogP contribution in [0.1, 0.15) is 39.5 Å².